The zero-order chi connectivity index (χ0) is 14.3. The molecule has 0 aliphatic rings. The first-order valence-corrected chi connectivity index (χ1v) is 7.13. The molecule has 0 aliphatic heterocycles. The molecule has 0 unspecified atom stereocenters. The Morgan fingerprint density at radius 1 is 1.32 bits per heavy atom. The summed E-state index contributed by atoms with van der Waals surface area (Å²) in [4.78, 5) is 13.1. The summed E-state index contributed by atoms with van der Waals surface area (Å²) in [6, 6.07) is 3.40. The second-order valence-corrected chi connectivity index (χ2v) is 4.88. The Labute approximate surface area is 122 Å². The van der Waals surface area contributed by atoms with Gasteiger partial charge in [-0.15, -0.1) is 0 Å². The Bertz CT molecular complexity index is 419. The molecule has 0 amide bonds. The largest absolute Gasteiger partial charge is 0.493 e. The van der Waals surface area contributed by atoms with Crippen molar-refractivity contribution in [2.75, 3.05) is 33.4 Å². The van der Waals surface area contributed by atoms with E-state index in [-0.39, 0.29) is 0 Å². The molecule has 4 nitrogen and oxygen atoms in total. The molecule has 1 rings (SSSR count). The molecule has 106 valence electrons. The number of methoxy groups -OCH3 is 1. The molecule has 1 aromatic carbocycles. The van der Waals surface area contributed by atoms with Gasteiger partial charge in [-0.1, -0.05) is 13.8 Å². The van der Waals surface area contributed by atoms with Crippen molar-refractivity contribution >= 4 is 22.2 Å². The normalized spacial score (nSPS) is 10.6. The van der Waals surface area contributed by atoms with Crippen LogP contribution < -0.4 is 9.47 Å². The van der Waals surface area contributed by atoms with Gasteiger partial charge in [0.1, 0.15) is 12.9 Å². The molecule has 0 radical (unpaired) electrons. The van der Waals surface area contributed by atoms with Crippen LogP contribution in [0.5, 0.6) is 11.5 Å². The minimum Gasteiger partial charge on any atom is -0.493 e. The zero-order valence-corrected chi connectivity index (χ0v) is 13.2. The molecule has 1 aromatic rings. The van der Waals surface area contributed by atoms with Crippen molar-refractivity contribution in [2.45, 2.75) is 13.8 Å². The van der Waals surface area contributed by atoms with E-state index in [0.29, 0.717) is 23.7 Å². The zero-order valence-electron chi connectivity index (χ0n) is 11.6. The fourth-order valence-corrected chi connectivity index (χ4v) is 2.34. The number of aldehydes is 1. The number of likely N-dealkylation sites (N-methyl/N-ethyl adjacent to an activating group) is 1. The lowest BCUT2D eigenvalue weighted by atomic mass is 10.2. The van der Waals surface area contributed by atoms with E-state index in [1.807, 2.05) is 0 Å². The third-order valence-corrected chi connectivity index (χ3v) is 3.53. The Morgan fingerprint density at radius 3 is 2.53 bits per heavy atom. The predicted molar refractivity (Wildman–Crippen MR) is 79.4 cm³/mol. The highest BCUT2D eigenvalue weighted by molar-refractivity contribution is 9.10. The molecule has 19 heavy (non-hydrogen) atoms. The first-order valence-electron chi connectivity index (χ1n) is 6.34. The van der Waals surface area contributed by atoms with Gasteiger partial charge in [-0.2, -0.15) is 0 Å². The van der Waals surface area contributed by atoms with Crippen LogP contribution in [0.25, 0.3) is 0 Å². The van der Waals surface area contributed by atoms with Crippen LogP contribution in [0.2, 0.25) is 0 Å². The number of halogens is 1. The average Bonchev–Trinajstić information content (AvgIpc) is 2.44. The quantitative estimate of drug-likeness (QED) is 0.687. The molecular formula is C14H20BrNO3. The highest BCUT2D eigenvalue weighted by Gasteiger charge is 2.12. The highest BCUT2D eigenvalue weighted by atomic mass is 79.9. The molecule has 0 bridgehead atoms. The number of hydrogen-bond donors (Lipinski definition) is 0. The summed E-state index contributed by atoms with van der Waals surface area (Å²) in [5.74, 6) is 1.20. The van der Waals surface area contributed by atoms with Gasteiger partial charge in [-0.05, 0) is 41.2 Å². The van der Waals surface area contributed by atoms with E-state index in [9.17, 15) is 4.79 Å². The lowest BCUT2D eigenvalue weighted by Crippen LogP contribution is -2.28. The first-order chi connectivity index (χ1) is 9.15. The van der Waals surface area contributed by atoms with E-state index in [0.717, 1.165) is 30.4 Å². The number of rotatable bonds is 8. The molecule has 0 spiro atoms. The average molecular weight is 330 g/mol. The fraction of sp³-hybridized carbons (Fsp3) is 0.500. The summed E-state index contributed by atoms with van der Waals surface area (Å²) < 4.78 is 11.7. The summed E-state index contributed by atoms with van der Waals surface area (Å²) in [6.07, 6.45) is 0.785. The number of benzene rings is 1. The number of hydrogen-bond acceptors (Lipinski definition) is 4. The third kappa shape index (κ3) is 4.51. The van der Waals surface area contributed by atoms with E-state index >= 15 is 0 Å². The van der Waals surface area contributed by atoms with Gasteiger partial charge in [0.25, 0.3) is 0 Å². The van der Waals surface area contributed by atoms with Crippen molar-refractivity contribution in [2.24, 2.45) is 0 Å². The monoisotopic (exact) mass is 329 g/mol. The van der Waals surface area contributed by atoms with Crippen molar-refractivity contribution < 1.29 is 14.3 Å². The topological polar surface area (TPSA) is 38.8 Å². The number of carbonyl (C=O) groups is 1. The van der Waals surface area contributed by atoms with Crippen LogP contribution >= 0.6 is 15.9 Å². The second kappa shape index (κ2) is 8.17. The van der Waals surface area contributed by atoms with Gasteiger partial charge >= 0.3 is 0 Å². The van der Waals surface area contributed by atoms with E-state index in [1.165, 1.54) is 0 Å². The van der Waals surface area contributed by atoms with Crippen molar-refractivity contribution in [1.82, 2.24) is 4.90 Å². The van der Waals surface area contributed by atoms with Crippen LogP contribution in [0.3, 0.4) is 0 Å². The lowest BCUT2D eigenvalue weighted by molar-refractivity contribution is 0.112. The summed E-state index contributed by atoms with van der Waals surface area (Å²) in [5, 5.41) is 0. The van der Waals surface area contributed by atoms with Crippen molar-refractivity contribution in [1.29, 1.82) is 0 Å². The Balaban J connectivity index is 2.74. The molecule has 0 fully saturated rings. The number of ether oxygens (including phenoxy) is 2. The maximum atomic E-state index is 10.8. The van der Waals surface area contributed by atoms with Gasteiger partial charge in [-0.25, -0.2) is 0 Å². The molecule has 0 saturated heterocycles. The van der Waals surface area contributed by atoms with Crippen molar-refractivity contribution in [3.63, 3.8) is 0 Å². The van der Waals surface area contributed by atoms with Gasteiger partial charge in [0, 0.05) is 12.1 Å². The molecular weight excluding hydrogens is 310 g/mol. The maximum Gasteiger partial charge on any atom is 0.175 e. The third-order valence-electron chi connectivity index (χ3n) is 2.94. The van der Waals surface area contributed by atoms with Gasteiger partial charge in [-0.3, -0.25) is 4.79 Å². The molecule has 0 atom stereocenters. The minimum atomic E-state index is 0.555. The van der Waals surface area contributed by atoms with Gasteiger partial charge in [0.05, 0.1) is 11.6 Å². The van der Waals surface area contributed by atoms with E-state index in [1.54, 1.807) is 19.2 Å². The summed E-state index contributed by atoms with van der Waals surface area (Å²) in [7, 11) is 1.56. The van der Waals surface area contributed by atoms with Crippen LogP contribution in [0, 0.1) is 0 Å². The SMILES string of the molecule is CCN(CC)CCOc1c(Br)cc(C=O)cc1OC. The van der Waals surface area contributed by atoms with Gasteiger partial charge < -0.3 is 14.4 Å². The van der Waals surface area contributed by atoms with Crippen molar-refractivity contribution in [3.05, 3.63) is 22.2 Å². The standard InChI is InChI=1S/C14H20BrNO3/c1-4-16(5-2)6-7-19-14-12(15)8-11(10-17)9-13(14)18-3/h8-10H,4-7H2,1-3H3. The minimum absolute atomic E-state index is 0.555. The van der Waals surface area contributed by atoms with Crippen LogP contribution in [0.15, 0.2) is 16.6 Å². The summed E-state index contributed by atoms with van der Waals surface area (Å²) in [6.45, 7) is 7.69. The van der Waals surface area contributed by atoms with Crippen LogP contribution in [0.4, 0.5) is 0 Å². The Kier molecular flexibility index (Phi) is 6.87. The van der Waals surface area contributed by atoms with E-state index in [2.05, 4.69) is 34.7 Å². The second-order valence-electron chi connectivity index (χ2n) is 4.03. The van der Waals surface area contributed by atoms with Crippen LogP contribution in [-0.2, 0) is 0 Å². The smallest absolute Gasteiger partial charge is 0.175 e. The maximum absolute atomic E-state index is 10.8. The van der Waals surface area contributed by atoms with Crippen LogP contribution in [0.1, 0.15) is 24.2 Å². The molecule has 5 heteroatoms. The molecule has 0 N–H and O–H groups in total. The highest BCUT2D eigenvalue weighted by Crippen LogP contribution is 2.36. The Hall–Kier alpha value is -1.07. The molecule has 0 aromatic heterocycles. The van der Waals surface area contributed by atoms with Crippen molar-refractivity contribution in [3.8, 4) is 11.5 Å². The van der Waals surface area contributed by atoms with Gasteiger partial charge in [0.15, 0.2) is 11.5 Å². The van der Waals surface area contributed by atoms with Crippen LogP contribution in [-0.4, -0.2) is 44.5 Å². The molecule has 0 heterocycles. The van der Waals surface area contributed by atoms with E-state index < -0.39 is 0 Å². The lowest BCUT2D eigenvalue weighted by Gasteiger charge is -2.19. The summed E-state index contributed by atoms with van der Waals surface area (Å²) >= 11 is 3.40. The molecule has 0 aliphatic carbocycles. The first kappa shape index (κ1) is 16.0. The van der Waals surface area contributed by atoms with E-state index in [4.69, 9.17) is 9.47 Å². The number of nitrogens with zero attached hydrogens (tertiary/aromatic N) is 1. The van der Waals surface area contributed by atoms with Gasteiger partial charge in [0.2, 0.25) is 0 Å². The molecule has 0 saturated carbocycles. The Morgan fingerprint density at radius 2 is 2.00 bits per heavy atom. The predicted octanol–water partition coefficient (Wildman–Crippen LogP) is 2.99. The fourth-order valence-electron chi connectivity index (χ4n) is 1.76. The summed E-state index contributed by atoms with van der Waals surface area (Å²) in [5.41, 5.74) is 0.555. The number of carbonyl (C=O) groups excluding carboxylic acids is 1.